The zero-order valence-electron chi connectivity index (χ0n) is 5.83. The monoisotopic (exact) mass is 261 g/mol. The molecule has 2 aromatic heterocycles. The molecule has 0 unspecified atom stereocenters. The molecule has 0 spiro atoms. The summed E-state index contributed by atoms with van der Waals surface area (Å²) in [5.74, 6) is -0.361. The third kappa shape index (κ3) is 1.09. The van der Waals surface area contributed by atoms with Gasteiger partial charge in [-0.3, -0.25) is 4.79 Å². The molecular weight excluding hydrogens is 258 g/mol. The minimum atomic E-state index is -0.361. The third-order valence-electron chi connectivity index (χ3n) is 1.53. The highest BCUT2D eigenvalue weighted by Crippen LogP contribution is 2.37. The molecule has 12 heavy (non-hydrogen) atoms. The number of thiophene rings is 2. The number of primary amides is 1. The van der Waals surface area contributed by atoms with Gasteiger partial charge in [-0.25, -0.2) is 0 Å². The van der Waals surface area contributed by atoms with Gasteiger partial charge in [-0.2, -0.15) is 0 Å². The van der Waals surface area contributed by atoms with Crippen LogP contribution in [-0.2, 0) is 0 Å². The Morgan fingerprint density at radius 2 is 2.08 bits per heavy atom. The van der Waals surface area contributed by atoms with E-state index in [1.54, 1.807) is 28.1 Å². The van der Waals surface area contributed by atoms with E-state index in [9.17, 15) is 4.79 Å². The molecule has 0 aromatic carbocycles. The fourth-order valence-corrected chi connectivity index (χ4v) is 3.93. The van der Waals surface area contributed by atoms with Gasteiger partial charge in [-0.1, -0.05) is 0 Å². The van der Waals surface area contributed by atoms with E-state index in [0.29, 0.717) is 5.56 Å². The topological polar surface area (TPSA) is 43.1 Å². The maximum absolute atomic E-state index is 10.9. The van der Waals surface area contributed by atoms with Crippen molar-refractivity contribution in [1.82, 2.24) is 0 Å². The van der Waals surface area contributed by atoms with Crippen molar-refractivity contribution < 1.29 is 4.79 Å². The highest BCUT2D eigenvalue weighted by atomic mass is 79.9. The predicted molar refractivity (Wildman–Crippen MR) is 55.9 cm³/mol. The Morgan fingerprint density at radius 3 is 2.75 bits per heavy atom. The van der Waals surface area contributed by atoms with Crippen molar-refractivity contribution >= 4 is 53.9 Å². The summed E-state index contributed by atoms with van der Waals surface area (Å²) in [5, 5.41) is 4.72. The first-order valence-electron chi connectivity index (χ1n) is 3.14. The van der Waals surface area contributed by atoms with Gasteiger partial charge >= 0.3 is 0 Å². The highest BCUT2D eigenvalue weighted by molar-refractivity contribution is 9.10. The van der Waals surface area contributed by atoms with Crippen molar-refractivity contribution in [1.29, 1.82) is 0 Å². The molecular formula is C7H4BrNOS2. The summed E-state index contributed by atoms with van der Waals surface area (Å²) in [6.45, 7) is 0. The Morgan fingerprint density at radius 1 is 1.42 bits per heavy atom. The summed E-state index contributed by atoms with van der Waals surface area (Å²) >= 11 is 6.54. The highest BCUT2D eigenvalue weighted by Gasteiger charge is 2.12. The number of nitrogens with two attached hydrogens (primary N) is 1. The van der Waals surface area contributed by atoms with E-state index >= 15 is 0 Å². The smallest absolute Gasteiger partial charge is 0.250 e. The number of halogens is 1. The number of carbonyl (C=O) groups excluding carboxylic acids is 1. The molecule has 0 aliphatic carbocycles. The van der Waals surface area contributed by atoms with E-state index in [4.69, 9.17) is 5.73 Å². The second-order valence-corrected chi connectivity index (χ2v) is 5.13. The maximum Gasteiger partial charge on any atom is 0.250 e. The molecule has 0 saturated heterocycles. The van der Waals surface area contributed by atoms with Crippen LogP contribution >= 0.6 is 38.6 Å². The number of hydrogen-bond acceptors (Lipinski definition) is 3. The van der Waals surface area contributed by atoms with E-state index in [0.717, 1.165) is 13.9 Å². The molecule has 0 bridgehead atoms. The standard InChI is InChI=1S/C7H4BrNOS2/c8-4-2-12-7-5(4)3(1-11-7)6(9)10/h1-2H,(H2,9,10). The van der Waals surface area contributed by atoms with E-state index in [-0.39, 0.29) is 5.91 Å². The molecule has 2 rings (SSSR count). The summed E-state index contributed by atoms with van der Waals surface area (Å²) in [7, 11) is 0. The fourth-order valence-electron chi connectivity index (χ4n) is 0.999. The van der Waals surface area contributed by atoms with Crippen LogP contribution in [0.2, 0.25) is 0 Å². The Hall–Kier alpha value is -0.390. The molecule has 5 heteroatoms. The first-order valence-corrected chi connectivity index (χ1v) is 5.69. The summed E-state index contributed by atoms with van der Waals surface area (Å²) < 4.78 is 2.09. The molecule has 0 saturated carbocycles. The van der Waals surface area contributed by atoms with Crippen LogP contribution in [0, 0.1) is 0 Å². The van der Waals surface area contributed by atoms with Crippen molar-refractivity contribution in [2.75, 3.05) is 0 Å². The van der Waals surface area contributed by atoms with Gasteiger partial charge in [-0.05, 0) is 15.9 Å². The Balaban J connectivity index is 2.83. The Bertz CT molecular complexity index is 445. The molecule has 2 nitrogen and oxygen atoms in total. The van der Waals surface area contributed by atoms with Crippen LogP contribution in [0.4, 0.5) is 0 Å². The van der Waals surface area contributed by atoms with E-state index in [1.165, 1.54) is 0 Å². The third-order valence-corrected chi connectivity index (χ3v) is 4.58. The predicted octanol–water partition coefficient (Wildman–Crippen LogP) is 2.82. The van der Waals surface area contributed by atoms with E-state index in [1.807, 2.05) is 5.38 Å². The van der Waals surface area contributed by atoms with Crippen LogP contribution in [0.5, 0.6) is 0 Å². The van der Waals surface area contributed by atoms with Crippen LogP contribution in [0.3, 0.4) is 0 Å². The SMILES string of the molecule is NC(=O)c1csc2scc(Br)c12. The van der Waals surface area contributed by atoms with E-state index < -0.39 is 0 Å². The van der Waals surface area contributed by atoms with Crippen LogP contribution < -0.4 is 5.73 Å². The second-order valence-electron chi connectivity index (χ2n) is 2.26. The zero-order chi connectivity index (χ0) is 8.72. The minimum Gasteiger partial charge on any atom is -0.366 e. The lowest BCUT2D eigenvalue weighted by molar-refractivity contribution is 0.100. The van der Waals surface area contributed by atoms with Crippen LogP contribution in [0.15, 0.2) is 15.2 Å². The molecule has 0 fully saturated rings. The Labute approximate surface area is 85.1 Å². The Kier molecular flexibility index (Phi) is 1.94. The van der Waals surface area contributed by atoms with Crippen molar-refractivity contribution in [2.24, 2.45) is 5.73 Å². The van der Waals surface area contributed by atoms with Crippen LogP contribution in [0.25, 0.3) is 9.40 Å². The molecule has 62 valence electrons. The molecule has 2 heterocycles. The van der Waals surface area contributed by atoms with Gasteiger partial charge in [0.05, 0.1) is 9.58 Å². The van der Waals surface area contributed by atoms with Crippen LogP contribution in [-0.4, -0.2) is 5.91 Å². The molecule has 0 atom stereocenters. The lowest BCUT2D eigenvalue weighted by Crippen LogP contribution is -2.09. The second kappa shape index (κ2) is 2.83. The first-order chi connectivity index (χ1) is 5.70. The molecule has 1 amide bonds. The summed E-state index contributed by atoms with van der Waals surface area (Å²) in [6, 6.07) is 0. The van der Waals surface area contributed by atoms with Crippen molar-refractivity contribution in [3.63, 3.8) is 0 Å². The lowest BCUT2D eigenvalue weighted by Gasteiger charge is -1.88. The van der Waals surface area contributed by atoms with Gasteiger partial charge in [-0.15, -0.1) is 22.7 Å². The normalized spacial score (nSPS) is 10.8. The average molecular weight is 262 g/mol. The molecule has 2 N–H and O–H groups in total. The van der Waals surface area contributed by atoms with Gasteiger partial charge in [0, 0.05) is 20.6 Å². The summed E-state index contributed by atoms with van der Waals surface area (Å²) in [5.41, 5.74) is 5.82. The van der Waals surface area contributed by atoms with Gasteiger partial charge in [0.2, 0.25) is 5.91 Å². The molecule has 0 aliphatic heterocycles. The summed E-state index contributed by atoms with van der Waals surface area (Å²) in [6.07, 6.45) is 0. The van der Waals surface area contributed by atoms with Gasteiger partial charge in [0.15, 0.2) is 0 Å². The first kappa shape index (κ1) is 8.22. The zero-order valence-corrected chi connectivity index (χ0v) is 9.05. The van der Waals surface area contributed by atoms with Crippen molar-refractivity contribution in [3.8, 4) is 0 Å². The molecule has 0 aliphatic rings. The molecule has 0 radical (unpaired) electrons. The number of carbonyl (C=O) groups is 1. The average Bonchev–Trinajstić information content (AvgIpc) is 2.53. The number of fused-ring (bicyclic) bond motifs is 1. The van der Waals surface area contributed by atoms with Crippen molar-refractivity contribution in [3.05, 3.63) is 20.8 Å². The van der Waals surface area contributed by atoms with Crippen LogP contribution in [0.1, 0.15) is 10.4 Å². The van der Waals surface area contributed by atoms with Gasteiger partial charge < -0.3 is 5.73 Å². The number of amides is 1. The lowest BCUT2D eigenvalue weighted by atomic mass is 10.2. The van der Waals surface area contributed by atoms with E-state index in [2.05, 4.69) is 15.9 Å². The largest absolute Gasteiger partial charge is 0.366 e. The quantitative estimate of drug-likeness (QED) is 0.843. The maximum atomic E-state index is 10.9. The molecule has 2 aromatic rings. The van der Waals surface area contributed by atoms with Gasteiger partial charge in [0.25, 0.3) is 0 Å². The minimum absolute atomic E-state index is 0.361. The number of rotatable bonds is 1. The number of hydrogen-bond donors (Lipinski definition) is 1. The van der Waals surface area contributed by atoms with Crippen molar-refractivity contribution in [2.45, 2.75) is 0 Å². The summed E-state index contributed by atoms with van der Waals surface area (Å²) in [4.78, 5) is 10.9. The fraction of sp³-hybridized carbons (Fsp3) is 0. The van der Waals surface area contributed by atoms with Gasteiger partial charge in [0.1, 0.15) is 0 Å².